The highest BCUT2D eigenvalue weighted by atomic mass is 16.6. The molecule has 0 radical (unpaired) electrons. The molecule has 0 amide bonds. The Hall–Kier alpha value is -2.87. The van der Waals surface area contributed by atoms with Crippen LogP contribution >= 0.6 is 0 Å². The second-order valence-corrected chi connectivity index (χ2v) is 16.1. The normalized spacial score (nSPS) is 36.4. The Morgan fingerprint density at radius 2 is 1.89 bits per heavy atom. The van der Waals surface area contributed by atoms with Gasteiger partial charge in [0.05, 0.1) is 11.3 Å². The van der Waals surface area contributed by atoms with Gasteiger partial charge in [-0.15, -0.1) is 0 Å². The Kier molecular flexibility index (Phi) is 6.44. The van der Waals surface area contributed by atoms with E-state index < -0.39 is 11.2 Å². The number of aromatic hydroxyl groups is 1. The number of likely N-dealkylation sites (tertiary alicyclic amines) is 1. The largest absolute Gasteiger partial charge is 0.504 e. The maximum atomic E-state index is 12.2. The zero-order valence-corrected chi connectivity index (χ0v) is 27.5. The number of rotatable bonds is 4. The van der Waals surface area contributed by atoms with E-state index in [1.165, 1.54) is 36.1 Å². The number of aliphatic hydroxyl groups is 1. The van der Waals surface area contributed by atoms with E-state index in [1.807, 2.05) is 56.5 Å². The van der Waals surface area contributed by atoms with Gasteiger partial charge in [-0.3, -0.25) is 10.3 Å². The molecule has 4 saturated carbocycles. The van der Waals surface area contributed by atoms with E-state index >= 15 is 0 Å². The van der Waals surface area contributed by atoms with Gasteiger partial charge in [-0.05, 0) is 99.1 Å². The molecule has 7 nitrogen and oxygen atoms in total. The van der Waals surface area contributed by atoms with E-state index in [-0.39, 0.29) is 34.0 Å². The summed E-state index contributed by atoms with van der Waals surface area (Å²) in [6.07, 6.45) is 13.3. The van der Waals surface area contributed by atoms with Crippen LogP contribution in [-0.4, -0.2) is 64.9 Å². The summed E-state index contributed by atoms with van der Waals surface area (Å²) in [5.41, 5.74) is 5.94. The first-order valence-corrected chi connectivity index (χ1v) is 17.1. The fraction of sp³-hybridized carbons (Fsp3) is 0.605. The van der Waals surface area contributed by atoms with Gasteiger partial charge in [-0.25, -0.2) is 0 Å². The van der Waals surface area contributed by atoms with Crippen molar-refractivity contribution in [3.63, 3.8) is 0 Å². The van der Waals surface area contributed by atoms with Crippen LogP contribution in [0.5, 0.6) is 11.5 Å². The van der Waals surface area contributed by atoms with Crippen molar-refractivity contribution in [2.75, 3.05) is 25.6 Å². The van der Waals surface area contributed by atoms with Crippen LogP contribution in [0, 0.1) is 22.7 Å². The van der Waals surface area contributed by atoms with Crippen LogP contribution in [-0.2, 0) is 16.6 Å². The summed E-state index contributed by atoms with van der Waals surface area (Å²) >= 11 is 0. The Balaban J connectivity index is 0.000000230. The second-order valence-electron chi connectivity index (χ2n) is 16.1. The van der Waals surface area contributed by atoms with Gasteiger partial charge in [0, 0.05) is 48.2 Å². The molecule has 240 valence electrons. The molecule has 2 aromatic carbocycles. The van der Waals surface area contributed by atoms with Crippen molar-refractivity contribution in [1.82, 2.24) is 4.90 Å². The fourth-order valence-electron chi connectivity index (χ4n) is 10.6. The monoisotopic (exact) mass is 611 g/mol. The van der Waals surface area contributed by atoms with E-state index in [1.54, 1.807) is 6.21 Å². The van der Waals surface area contributed by atoms with Gasteiger partial charge in [-0.1, -0.05) is 51.1 Å². The maximum absolute atomic E-state index is 12.2. The summed E-state index contributed by atoms with van der Waals surface area (Å²) < 4.78 is 13.5. The molecule has 3 N–H and O–H groups in total. The lowest BCUT2D eigenvalue weighted by Gasteiger charge is -2.75. The molecule has 10 rings (SSSR count). The van der Waals surface area contributed by atoms with E-state index in [0.717, 1.165) is 50.3 Å². The van der Waals surface area contributed by atoms with Crippen LogP contribution in [0.2, 0.25) is 0 Å². The standard InChI is InChI=1S/C29H41NO4.C9H8N2/c1-25(2,3)26(4,32)20-15-27-10-11-29(20,33-5)24-28(27)12-13-30(16-17-6-7-17)21(27)14-18-8-9-19(31)23(34-24)22(18)28;1-2-6-9-8(4-1)5-3-7-10-11-9/h8-9,17,20-21,24,31-32H,6-7,10-16H2,1-5H3;1-7,11H/t20-,21-,24-,26+,27-,28+,29+;/m1./s1. The third-order valence-electron chi connectivity index (χ3n) is 13.4. The highest BCUT2D eigenvalue weighted by Crippen LogP contribution is 2.78. The number of hydrazone groups is 1. The van der Waals surface area contributed by atoms with E-state index in [4.69, 9.17) is 9.47 Å². The molecule has 2 aromatic rings. The van der Waals surface area contributed by atoms with Crippen molar-refractivity contribution in [3.05, 3.63) is 59.2 Å². The number of piperidine rings is 1. The molecule has 0 aromatic heterocycles. The maximum Gasteiger partial charge on any atom is 0.165 e. The molecule has 3 heterocycles. The summed E-state index contributed by atoms with van der Waals surface area (Å²) in [4.78, 5) is 2.82. The van der Waals surface area contributed by atoms with Gasteiger partial charge in [0.1, 0.15) is 11.7 Å². The number of nitrogens with zero attached hydrogens (tertiary/aromatic N) is 2. The predicted molar refractivity (Wildman–Crippen MR) is 178 cm³/mol. The number of allylic oxidation sites excluding steroid dienone is 1. The van der Waals surface area contributed by atoms with Crippen LogP contribution < -0.4 is 10.2 Å². The first kappa shape index (κ1) is 29.5. The van der Waals surface area contributed by atoms with Crippen molar-refractivity contribution in [2.24, 2.45) is 27.8 Å². The van der Waals surface area contributed by atoms with Gasteiger partial charge >= 0.3 is 0 Å². The number of hydrogen-bond acceptors (Lipinski definition) is 7. The molecule has 3 aliphatic heterocycles. The quantitative estimate of drug-likeness (QED) is 0.365. The summed E-state index contributed by atoms with van der Waals surface area (Å²) in [7, 11) is 1.83. The Morgan fingerprint density at radius 1 is 1.09 bits per heavy atom. The van der Waals surface area contributed by atoms with Crippen molar-refractivity contribution in [1.29, 1.82) is 0 Å². The number of hydrogen-bond donors (Lipinski definition) is 3. The first-order chi connectivity index (χ1) is 21.5. The van der Waals surface area contributed by atoms with Gasteiger partial charge in [-0.2, -0.15) is 5.10 Å². The minimum absolute atomic E-state index is 0.0294. The van der Waals surface area contributed by atoms with Crippen LogP contribution in [0.15, 0.2) is 47.6 Å². The van der Waals surface area contributed by atoms with E-state index in [2.05, 4.69) is 42.3 Å². The second kappa shape index (κ2) is 9.82. The van der Waals surface area contributed by atoms with Crippen molar-refractivity contribution < 1.29 is 19.7 Å². The lowest BCUT2D eigenvalue weighted by Crippen LogP contribution is -2.83. The smallest absolute Gasteiger partial charge is 0.165 e. The minimum Gasteiger partial charge on any atom is -0.504 e. The van der Waals surface area contributed by atoms with Gasteiger partial charge in [0.25, 0.3) is 0 Å². The SMILES string of the molecule is C1=Cc2ccccc2NN=C1.CO[C@@]12CC[C@@]3(C[C@@H]1[C@](C)(O)C(C)(C)C)[C@H]1Cc4ccc(O)c5c4[C@@]3(CCN1CC1CC1)[C@H]2O5. The van der Waals surface area contributed by atoms with Crippen molar-refractivity contribution >= 4 is 18.0 Å². The fourth-order valence-corrected chi connectivity index (χ4v) is 10.6. The third-order valence-corrected chi connectivity index (χ3v) is 13.4. The zero-order valence-electron chi connectivity index (χ0n) is 27.5. The number of methoxy groups -OCH3 is 1. The molecule has 1 saturated heterocycles. The molecule has 5 aliphatic carbocycles. The van der Waals surface area contributed by atoms with Crippen LogP contribution in [0.3, 0.4) is 0 Å². The lowest BCUT2D eigenvalue weighted by molar-refractivity contribution is -0.312. The highest BCUT2D eigenvalue weighted by Gasteiger charge is 2.82. The number of para-hydroxylation sites is 1. The van der Waals surface area contributed by atoms with Crippen molar-refractivity contribution in [3.8, 4) is 11.5 Å². The molecule has 4 bridgehead atoms. The van der Waals surface area contributed by atoms with Gasteiger partial charge in [0.2, 0.25) is 0 Å². The van der Waals surface area contributed by atoms with Crippen LogP contribution in [0.25, 0.3) is 6.08 Å². The molecule has 7 atom stereocenters. The Morgan fingerprint density at radius 3 is 2.64 bits per heavy atom. The first-order valence-electron chi connectivity index (χ1n) is 17.1. The van der Waals surface area contributed by atoms with E-state index in [0.29, 0.717) is 11.8 Å². The topological polar surface area (TPSA) is 86.6 Å². The third kappa shape index (κ3) is 3.90. The van der Waals surface area contributed by atoms with E-state index in [9.17, 15) is 10.2 Å². The number of phenolic OH excluding ortho intramolecular Hbond substituents is 1. The number of fused-ring (bicyclic) bond motifs is 3. The Labute approximate surface area is 267 Å². The average Bonchev–Trinajstić information content (AvgIpc) is 3.80. The molecule has 0 unspecified atom stereocenters. The number of ether oxygens (including phenoxy) is 2. The van der Waals surface area contributed by atoms with Crippen LogP contribution in [0.4, 0.5) is 5.69 Å². The lowest BCUT2D eigenvalue weighted by atomic mass is 9.33. The number of phenols is 1. The molecular weight excluding hydrogens is 562 g/mol. The molecule has 45 heavy (non-hydrogen) atoms. The molecular formula is C38H49N3O4. The number of anilines is 1. The van der Waals surface area contributed by atoms with Crippen LogP contribution in [0.1, 0.15) is 82.9 Å². The van der Waals surface area contributed by atoms with Gasteiger partial charge < -0.3 is 19.7 Å². The highest BCUT2D eigenvalue weighted by molar-refractivity contribution is 5.83. The summed E-state index contributed by atoms with van der Waals surface area (Å²) in [6.45, 7) is 10.8. The molecule has 8 aliphatic rings. The van der Waals surface area contributed by atoms with Gasteiger partial charge in [0.15, 0.2) is 11.5 Å². The zero-order chi connectivity index (χ0) is 31.4. The molecule has 2 spiro atoms. The summed E-state index contributed by atoms with van der Waals surface area (Å²) in [5.74, 6) is 1.80. The van der Waals surface area contributed by atoms with Crippen molar-refractivity contribution in [2.45, 2.75) is 101 Å². The number of nitrogens with one attached hydrogen (secondary N) is 1. The summed E-state index contributed by atoms with van der Waals surface area (Å²) in [5, 5.41) is 27.1. The molecule has 7 heteroatoms. The summed E-state index contributed by atoms with van der Waals surface area (Å²) in [6, 6.07) is 12.5. The minimum atomic E-state index is -0.909. The average molecular weight is 612 g/mol. The Bertz CT molecular complexity index is 1570. The predicted octanol–water partition coefficient (Wildman–Crippen LogP) is 6.52. The molecule has 5 fully saturated rings. The number of benzene rings is 2.